The van der Waals surface area contributed by atoms with Gasteiger partial charge in [0.05, 0.1) is 12.7 Å². The summed E-state index contributed by atoms with van der Waals surface area (Å²) < 4.78 is 17.8. The van der Waals surface area contributed by atoms with Gasteiger partial charge in [-0.25, -0.2) is 4.39 Å². The van der Waals surface area contributed by atoms with Crippen LogP contribution in [0.3, 0.4) is 0 Å². The molecule has 76 valence electrons. The molecule has 0 spiro atoms. The molecule has 2 rings (SSSR count). The van der Waals surface area contributed by atoms with E-state index in [2.05, 4.69) is 0 Å². The van der Waals surface area contributed by atoms with E-state index in [4.69, 9.17) is 4.74 Å². The molecule has 0 unspecified atom stereocenters. The number of halogens is 1. The van der Waals surface area contributed by atoms with Crippen LogP contribution in [0.5, 0.6) is 5.75 Å². The first kappa shape index (κ1) is 9.46. The zero-order valence-electron chi connectivity index (χ0n) is 8.09. The van der Waals surface area contributed by atoms with Crippen molar-refractivity contribution in [2.75, 3.05) is 7.11 Å². The van der Waals surface area contributed by atoms with Gasteiger partial charge in [-0.15, -0.1) is 0 Å². The summed E-state index contributed by atoms with van der Waals surface area (Å²) >= 11 is 0. The standard InChI is InChI=1S/C11H13FO2/c1-14-10-4-2-3-9(8(10)7-12)11(13)5-6-11/h2-4,13H,5-7H2,1H3. The Labute approximate surface area is 82.3 Å². The van der Waals surface area contributed by atoms with Crippen molar-refractivity contribution in [2.24, 2.45) is 0 Å². The van der Waals surface area contributed by atoms with Gasteiger partial charge in [0.1, 0.15) is 12.4 Å². The van der Waals surface area contributed by atoms with Gasteiger partial charge in [-0.3, -0.25) is 0 Å². The number of hydrogen-bond donors (Lipinski definition) is 1. The Kier molecular flexibility index (Phi) is 2.19. The minimum absolute atomic E-state index is 0.481. The fourth-order valence-electron chi connectivity index (χ4n) is 1.72. The molecule has 0 heterocycles. The first-order valence-electron chi connectivity index (χ1n) is 4.66. The highest BCUT2D eigenvalue weighted by molar-refractivity contribution is 5.44. The van der Waals surface area contributed by atoms with Crippen molar-refractivity contribution in [1.82, 2.24) is 0 Å². The largest absolute Gasteiger partial charge is 0.496 e. The van der Waals surface area contributed by atoms with Gasteiger partial charge in [0.25, 0.3) is 0 Å². The van der Waals surface area contributed by atoms with Crippen molar-refractivity contribution in [1.29, 1.82) is 0 Å². The third kappa shape index (κ3) is 1.38. The van der Waals surface area contributed by atoms with Gasteiger partial charge in [0.15, 0.2) is 0 Å². The Morgan fingerprint density at radius 1 is 1.50 bits per heavy atom. The highest BCUT2D eigenvalue weighted by Gasteiger charge is 2.44. The average Bonchev–Trinajstić information content (AvgIpc) is 2.96. The van der Waals surface area contributed by atoms with E-state index in [9.17, 15) is 9.50 Å². The lowest BCUT2D eigenvalue weighted by molar-refractivity contribution is 0.149. The molecule has 0 aliphatic heterocycles. The summed E-state index contributed by atoms with van der Waals surface area (Å²) in [6.07, 6.45) is 1.43. The van der Waals surface area contributed by atoms with Crippen LogP contribution in [0.1, 0.15) is 24.0 Å². The van der Waals surface area contributed by atoms with Gasteiger partial charge < -0.3 is 9.84 Å². The Morgan fingerprint density at radius 2 is 2.21 bits per heavy atom. The molecule has 1 aromatic carbocycles. The van der Waals surface area contributed by atoms with Crippen LogP contribution in [0.2, 0.25) is 0 Å². The van der Waals surface area contributed by atoms with Crippen LogP contribution in [0.4, 0.5) is 4.39 Å². The Hall–Kier alpha value is -1.09. The third-order valence-electron chi connectivity index (χ3n) is 2.71. The summed E-state index contributed by atoms with van der Waals surface area (Å²) in [5.41, 5.74) is 0.366. The molecule has 1 aromatic rings. The maximum absolute atomic E-state index is 12.8. The number of rotatable bonds is 3. The van der Waals surface area contributed by atoms with Crippen molar-refractivity contribution in [2.45, 2.75) is 25.1 Å². The van der Waals surface area contributed by atoms with E-state index in [1.165, 1.54) is 7.11 Å². The molecule has 0 saturated heterocycles. The quantitative estimate of drug-likeness (QED) is 0.802. The lowest BCUT2D eigenvalue weighted by atomic mass is 10.0. The second kappa shape index (κ2) is 3.24. The molecular weight excluding hydrogens is 183 g/mol. The fraction of sp³-hybridized carbons (Fsp3) is 0.455. The molecule has 1 saturated carbocycles. The summed E-state index contributed by atoms with van der Waals surface area (Å²) in [7, 11) is 1.51. The van der Waals surface area contributed by atoms with Crippen LogP contribution in [0, 0.1) is 0 Å². The molecule has 0 aromatic heterocycles. The van der Waals surface area contributed by atoms with Crippen LogP contribution < -0.4 is 4.74 Å². The van der Waals surface area contributed by atoms with Crippen LogP contribution >= 0.6 is 0 Å². The van der Waals surface area contributed by atoms with E-state index >= 15 is 0 Å². The summed E-state index contributed by atoms with van der Waals surface area (Å²) in [4.78, 5) is 0. The van der Waals surface area contributed by atoms with Crippen LogP contribution in [0.25, 0.3) is 0 Å². The van der Waals surface area contributed by atoms with Crippen molar-refractivity contribution in [3.05, 3.63) is 29.3 Å². The van der Waals surface area contributed by atoms with E-state index in [1.807, 2.05) is 0 Å². The molecule has 0 radical (unpaired) electrons. The number of benzene rings is 1. The molecule has 0 atom stereocenters. The molecule has 2 nitrogen and oxygen atoms in total. The van der Waals surface area contributed by atoms with E-state index in [1.54, 1.807) is 18.2 Å². The van der Waals surface area contributed by atoms with Crippen LogP contribution in [-0.4, -0.2) is 12.2 Å². The molecule has 3 heteroatoms. The third-order valence-corrected chi connectivity index (χ3v) is 2.71. The molecule has 0 bridgehead atoms. The van der Waals surface area contributed by atoms with Gasteiger partial charge in [-0.2, -0.15) is 0 Å². The van der Waals surface area contributed by atoms with E-state index in [0.29, 0.717) is 29.7 Å². The molecular formula is C11H13FO2. The average molecular weight is 196 g/mol. The number of hydrogen-bond acceptors (Lipinski definition) is 2. The summed E-state index contributed by atoms with van der Waals surface area (Å²) in [5, 5.41) is 9.91. The zero-order valence-corrected chi connectivity index (χ0v) is 8.09. The lowest BCUT2D eigenvalue weighted by Gasteiger charge is -2.15. The van der Waals surface area contributed by atoms with Crippen molar-refractivity contribution < 1.29 is 14.2 Å². The molecule has 1 aliphatic rings. The van der Waals surface area contributed by atoms with E-state index < -0.39 is 12.3 Å². The summed E-state index contributed by atoms with van der Waals surface area (Å²) in [5.74, 6) is 0.519. The summed E-state index contributed by atoms with van der Waals surface area (Å²) in [6.45, 7) is -0.596. The number of aliphatic hydroxyl groups is 1. The van der Waals surface area contributed by atoms with Gasteiger partial charge in [-0.05, 0) is 24.5 Å². The topological polar surface area (TPSA) is 29.5 Å². The van der Waals surface area contributed by atoms with Crippen molar-refractivity contribution in [3.63, 3.8) is 0 Å². The molecule has 0 amide bonds. The predicted molar refractivity (Wildman–Crippen MR) is 50.9 cm³/mol. The highest BCUT2D eigenvalue weighted by Crippen LogP contribution is 2.48. The summed E-state index contributed by atoms with van der Waals surface area (Å²) in [6, 6.07) is 5.26. The lowest BCUT2D eigenvalue weighted by Crippen LogP contribution is -2.08. The van der Waals surface area contributed by atoms with E-state index in [-0.39, 0.29) is 0 Å². The first-order valence-corrected chi connectivity index (χ1v) is 4.66. The highest BCUT2D eigenvalue weighted by atomic mass is 19.1. The fourth-order valence-corrected chi connectivity index (χ4v) is 1.72. The minimum atomic E-state index is -0.796. The molecule has 1 fully saturated rings. The smallest absolute Gasteiger partial charge is 0.125 e. The molecule has 1 N–H and O–H groups in total. The van der Waals surface area contributed by atoms with Gasteiger partial charge in [-0.1, -0.05) is 12.1 Å². The van der Waals surface area contributed by atoms with E-state index in [0.717, 1.165) is 0 Å². The normalized spacial score (nSPS) is 17.9. The maximum Gasteiger partial charge on any atom is 0.125 e. The van der Waals surface area contributed by atoms with Crippen molar-refractivity contribution >= 4 is 0 Å². The Morgan fingerprint density at radius 3 is 2.71 bits per heavy atom. The van der Waals surface area contributed by atoms with Gasteiger partial charge in [0, 0.05) is 5.56 Å². The van der Waals surface area contributed by atoms with Crippen LogP contribution in [0.15, 0.2) is 18.2 Å². The minimum Gasteiger partial charge on any atom is -0.496 e. The van der Waals surface area contributed by atoms with Crippen molar-refractivity contribution in [3.8, 4) is 5.75 Å². The van der Waals surface area contributed by atoms with Gasteiger partial charge >= 0.3 is 0 Å². The second-order valence-electron chi connectivity index (χ2n) is 3.65. The van der Waals surface area contributed by atoms with Gasteiger partial charge in [0.2, 0.25) is 0 Å². The maximum atomic E-state index is 12.8. The SMILES string of the molecule is COc1cccc(C2(O)CC2)c1CF. The molecule has 1 aliphatic carbocycles. The second-order valence-corrected chi connectivity index (χ2v) is 3.65. The number of ether oxygens (including phenoxy) is 1. The first-order chi connectivity index (χ1) is 6.71. The van der Waals surface area contributed by atoms with Crippen LogP contribution in [-0.2, 0) is 12.3 Å². The predicted octanol–water partition coefficient (Wildman–Crippen LogP) is 2.15. The zero-order chi connectivity index (χ0) is 10.2. The Balaban J connectivity index is 2.48. The molecule has 14 heavy (non-hydrogen) atoms. The number of methoxy groups -OCH3 is 1. The monoisotopic (exact) mass is 196 g/mol. The Bertz CT molecular complexity index is 345. The number of alkyl halides is 1.